The van der Waals surface area contributed by atoms with Crippen LogP contribution < -0.4 is 0 Å². The van der Waals surface area contributed by atoms with Crippen molar-refractivity contribution in [3.63, 3.8) is 0 Å². The molecule has 0 aromatic heterocycles. The van der Waals surface area contributed by atoms with Crippen LogP contribution in [0, 0.1) is 5.92 Å². The smallest absolute Gasteiger partial charge is 0.123 e. The SMILES string of the molecule is CCCCCCCCCCCCCCC(C=O)CC. The third-order valence-corrected chi connectivity index (χ3v) is 4.15. The molecule has 0 heterocycles. The Bertz CT molecular complexity index is 177. The van der Waals surface area contributed by atoms with Crippen molar-refractivity contribution in [1.82, 2.24) is 0 Å². The second-order valence-electron chi connectivity index (χ2n) is 5.98. The van der Waals surface area contributed by atoms with Crippen molar-refractivity contribution in [2.45, 2.75) is 104 Å². The Morgan fingerprint density at radius 3 is 1.47 bits per heavy atom. The van der Waals surface area contributed by atoms with Crippen molar-refractivity contribution in [2.75, 3.05) is 0 Å². The van der Waals surface area contributed by atoms with Crippen LogP contribution >= 0.6 is 0 Å². The summed E-state index contributed by atoms with van der Waals surface area (Å²) in [6.07, 6.45) is 20.0. The zero-order chi connectivity index (χ0) is 14.2. The number of rotatable bonds is 15. The number of carbonyl (C=O) groups excluding carboxylic acids is 1. The van der Waals surface area contributed by atoms with E-state index < -0.39 is 0 Å². The summed E-state index contributed by atoms with van der Waals surface area (Å²) in [5.74, 6) is 0.322. The Balaban J connectivity index is 3.04. The molecule has 0 N–H and O–H groups in total. The van der Waals surface area contributed by atoms with Crippen LogP contribution in [0.4, 0.5) is 0 Å². The average Bonchev–Trinajstić information content (AvgIpc) is 2.44. The molecule has 0 aromatic carbocycles. The van der Waals surface area contributed by atoms with Gasteiger partial charge in [0.05, 0.1) is 0 Å². The van der Waals surface area contributed by atoms with Gasteiger partial charge in [-0.2, -0.15) is 0 Å². The van der Waals surface area contributed by atoms with Gasteiger partial charge in [-0.05, 0) is 12.8 Å². The number of unbranched alkanes of at least 4 members (excludes halogenated alkanes) is 11. The zero-order valence-corrected chi connectivity index (χ0v) is 13.5. The van der Waals surface area contributed by atoms with Crippen LogP contribution in [0.3, 0.4) is 0 Å². The molecule has 1 nitrogen and oxygen atoms in total. The predicted octanol–water partition coefficient (Wildman–Crippen LogP) is 6.30. The minimum absolute atomic E-state index is 0.322. The van der Waals surface area contributed by atoms with E-state index in [-0.39, 0.29) is 0 Å². The number of hydrogen-bond acceptors (Lipinski definition) is 1. The second kappa shape index (κ2) is 15.7. The number of carbonyl (C=O) groups is 1. The summed E-state index contributed by atoms with van der Waals surface area (Å²) in [4.78, 5) is 10.7. The molecular weight excluding hydrogens is 232 g/mol. The fraction of sp³-hybridized carbons (Fsp3) is 0.944. The maximum absolute atomic E-state index is 10.7. The van der Waals surface area contributed by atoms with Crippen LogP contribution in [0.25, 0.3) is 0 Å². The maximum atomic E-state index is 10.7. The molecule has 0 aromatic rings. The van der Waals surface area contributed by atoms with Crippen LogP contribution in [-0.2, 0) is 4.79 Å². The van der Waals surface area contributed by atoms with E-state index in [4.69, 9.17) is 0 Å². The van der Waals surface area contributed by atoms with Gasteiger partial charge in [0.1, 0.15) is 6.29 Å². The van der Waals surface area contributed by atoms with Crippen molar-refractivity contribution in [1.29, 1.82) is 0 Å². The lowest BCUT2D eigenvalue weighted by molar-refractivity contribution is -0.111. The molecule has 0 radical (unpaired) electrons. The maximum Gasteiger partial charge on any atom is 0.123 e. The molecule has 0 saturated heterocycles. The van der Waals surface area contributed by atoms with Gasteiger partial charge < -0.3 is 4.79 Å². The molecule has 0 saturated carbocycles. The Morgan fingerprint density at radius 1 is 0.684 bits per heavy atom. The zero-order valence-electron chi connectivity index (χ0n) is 13.5. The number of aldehydes is 1. The molecule has 0 spiro atoms. The summed E-state index contributed by atoms with van der Waals surface area (Å²) in [6.45, 7) is 4.39. The van der Waals surface area contributed by atoms with E-state index in [2.05, 4.69) is 13.8 Å². The molecule has 1 heteroatoms. The van der Waals surface area contributed by atoms with Crippen molar-refractivity contribution in [2.24, 2.45) is 5.92 Å². The Labute approximate surface area is 121 Å². The summed E-state index contributed by atoms with van der Waals surface area (Å²) in [7, 11) is 0. The lowest BCUT2D eigenvalue weighted by atomic mass is 9.99. The molecule has 114 valence electrons. The highest BCUT2D eigenvalue weighted by Gasteiger charge is 2.02. The van der Waals surface area contributed by atoms with E-state index in [0.717, 1.165) is 19.1 Å². The molecule has 0 amide bonds. The van der Waals surface area contributed by atoms with Crippen molar-refractivity contribution in [3.05, 3.63) is 0 Å². The van der Waals surface area contributed by atoms with Gasteiger partial charge in [-0.25, -0.2) is 0 Å². The summed E-state index contributed by atoms with van der Waals surface area (Å²) < 4.78 is 0. The van der Waals surface area contributed by atoms with Crippen LogP contribution in [0.5, 0.6) is 0 Å². The Hall–Kier alpha value is -0.330. The van der Waals surface area contributed by atoms with Crippen molar-refractivity contribution in [3.8, 4) is 0 Å². The third-order valence-electron chi connectivity index (χ3n) is 4.15. The van der Waals surface area contributed by atoms with Gasteiger partial charge in [0.25, 0.3) is 0 Å². The van der Waals surface area contributed by atoms with E-state index in [1.54, 1.807) is 0 Å². The largest absolute Gasteiger partial charge is 0.303 e. The minimum atomic E-state index is 0.322. The number of hydrogen-bond donors (Lipinski definition) is 0. The first-order valence-electron chi connectivity index (χ1n) is 8.80. The molecule has 0 rings (SSSR count). The highest BCUT2D eigenvalue weighted by atomic mass is 16.1. The first-order valence-corrected chi connectivity index (χ1v) is 8.80. The van der Waals surface area contributed by atoms with Gasteiger partial charge in [0.15, 0.2) is 0 Å². The molecule has 1 unspecified atom stereocenters. The summed E-state index contributed by atoms with van der Waals surface area (Å²) in [5, 5.41) is 0. The molecule has 0 aliphatic carbocycles. The summed E-state index contributed by atoms with van der Waals surface area (Å²) in [5.41, 5.74) is 0. The van der Waals surface area contributed by atoms with Gasteiger partial charge >= 0.3 is 0 Å². The van der Waals surface area contributed by atoms with Crippen LogP contribution in [0.1, 0.15) is 104 Å². The standard InChI is InChI=1S/C18H36O/c1-3-5-6-7-8-9-10-11-12-13-14-15-16-18(4-2)17-19/h17-18H,3-16H2,1-2H3. The lowest BCUT2D eigenvalue weighted by Crippen LogP contribution is -1.99. The second-order valence-corrected chi connectivity index (χ2v) is 5.98. The molecule has 0 fully saturated rings. The monoisotopic (exact) mass is 268 g/mol. The third kappa shape index (κ3) is 13.9. The van der Waals surface area contributed by atoms with Crippen LogP contribution in [0.2, 0.25) is 0 Å². The topological polar surface area (TPSA) is 17.1 Å². The predicted molar refractivity (Wildman–Crippen MR) is 85.5 cm³/mol. The Kier molecular flexibility index (Phi) is 15.5. The average molecular weight is 268 g/mol. The minimum Gasteiger partial charge on any atom is -0.303 e. The van der Waals surface area contributed by atoms with E-state index >= 15 is 0 Å². The van der Waals surface area contributed by atoms with E-state index in [0.29, 0.717) is 5.92 Å². The highest BCUT2D eigenvalue weighted by Crippen LogP contribution is 2.14. The molecule has 0 bridgehead atoms. The first-order chi connectivity index (χ1) is 9.35. The van der Waals surface area contributed by atoms with Crippen LogP contribution in [-0.4, -0.2) is 6.29 Å². The van der Waals surface area contributed by atoms with Gasteiger partial charge in [0.2, 0.25) is 0 Å². The van der Waals surface area contributed by atoms with E-state index in [1.807, 2.05) is 0 Å². The van der Waals surface area contributed by atoms with Crippen molar-refractivity contribution >= 4 is 6.29 Å². The van der Waals surface area contributed by atoms with Gasteiger partial charge in [-0.15, -0.1) is 0 Å². The molecule has 0 aliphatic heterocycles. The summed E-state index contributed by atoms with van der Waals surface area (Å²) in [6, 6.07) is 0. The Morgan fingerprint density at radius 2 is 1.11 bits per heavy atom. The van der Waals surface area contributed by atoms with Gasteiger partial charge in [0, 0.05) is 5.92 Å². The van der Waals surface area contributed by atoms with E-state index in [1.165, 1.54) is 77.0 Å². The van der Waals surface area contributed by atoms with Crippen LogP contribution in [0.15, 0.2) is 0 Å². The van der Waals surface area contributed by atoms with Gasteiger partial charge in [-0.1, -0.05) is 90.9 Å². The van der Waals surface area contributed by atoms with Crippen molar-refractivity contribution < 1.29 is 4.79 Å². The lowest BCUT2D eigenvalue weighted by Gasteiger charge is -2.06. The normalized spacial score (nSPS) is 12.5. The van der Waals surface area contributed by atoms with E-state index in [9.17, 15) is 4.79 Å². The highest BCUT2D eigenvalue weighted by molar-refractivity contribution is 5.53. The summed E-state index contributed by atoms with van der Waals surface area (Å²) >= 11 is 0. The molecule has 19 heavy (non-hydrogen) atoms. The van der Waals surface area contributed by atoms with Gasteiger partial charge in [-0.3, -0.25) is 0 Å². The first kappa shape index (κ1) is 18.7. The quantitative estimate of drug-likeness (QED) is 0.251. The molecular formula is C18H36O. The fourth-order valence-corrected chi connectivity index (χ4v) is 2.62. The molecule has 0 aliphatic rings. The fourth-order valence-electron chi connectivity index (χ4n) is 2.62. The molecule has 1 atom stereocenters.